The summed E-state index contributed by atoms with van der Waals surface area (Å²) in [7, 11) is 0. The summed E-state index contributed by atoms with van der Waals surface area (Å²) in [6.45, 7) is 4.54. The number of aliphatic hydroxyl groups is 1. The van der Waals surface area contributed by atoms with Crippen LogP contribution in [-0.4, -0.2) is 27.8 Å². The summed E-state index contributed by atoms with van der Waals surface area (Å²) in [5, 5.41) is 21.4. The summed E-state index contributed by atoms with van der Waals surface area (Å²) < 4.78 is 0. The molecule has 0 radical (unpaired) electrons. The fourth-order valence-electron chi connectivity index (χ4n) is 1.13. The van der Waals surface area contributed by atoms with Crippen LogP contribution in [0.25, 0.3) is 0 Å². The zero-order valence-electron chi connectivity index (χ0n) is 8.49. The van der Waals surface area contributed by atoms with Gasteiger partial charge in [0, 0.05) is 18.8 Å². The summed E-state index contributed by atoms with van der Waals surface area (Å²) in [5.74, 6) is 0.189. The summed E-state index contributed by atoms with van der Waals surface area (Å²) >= 11 is 0. The Kier molecular flexibility index (Phi) is 3.85. The lowest BCUT2D eigenvalue weighted by Gasteiger charge is -2.08. The highest BCUT2D eigenvalue weighted by molar-refractivity contribution is 5.27. The van der Waals surface area contributed by atoms with Gasteiger partial charge in [-0.25, -0.2) is 0 Å². The number of nitrogens with zero attached hydrogens (tertiary/aromatic N) is 1. The number of hydrogen-bond acceptors (Lipinski definition) is 4. The molecular formula is C10H16N2O2. The van der Waals surface area contributed by atoms with Crippen molar-refractivity contribution in [3.05, 3.63) is 23.5 Å². The molecule has 14 heavy (non-hydrogen) atoms. The quantitative estimate of drug-likeness (QED) is 0.658. The Morgan fingerprint density at radius 3 is 2.86 bits per heavy atom. The fraction of sp³-hybridized carbons (Fsp3) is 0.500. The van der Waals surface area contributed by atoms with Crippen LogP contribution in [0.2, 0.25) is 0 Å². The molecule has 0 saturated heterocycles. The third kappa shape index (κ3) is 3.32. The molecule has 0 fully saturated rings. The molecule has 0 amide bonds. The van der Waals surface area contributed by atoms with Crippen LogP contribution in [0.4, 0.5) is 0 Å². The van der Waals surface area contributed by atoms with Crippen molar-refractivity contribution in [3.8, 4) is 5.75 Å². The smallest absolute Gasteiger partial charge is 0.138 e. The molecule has 0 saturated carbocycles. The third-order valence-corrected chi connectivity index (χ3v) is 1.82. The van der Waals surface area contributed by atoms with E-state index in [2.05, 4.69) is 10.3 Å². The Bertz CT molecular complexity index is 300. The van der Waals surface area contributed by atoms with E-state index in [9.17, 15) is 5.11 Å². The number of aromatic hydroxyl groups is 1. The van der Waals surface area contributed by atoms with Crippen molar-refractivity contribution in [3.63, 3.8) is 0 Å². The van der Waals surface area contributed by atoms with E-state index in [0.29, 0.717) is 18.8 Å². The SMILES string of the molecule is Cc1ccc(O)c(CNCC(C)O)n1. The van der Waals surface area contributed by atoms with Gasteiger partial charge in [-0.2, -0.15) is 0 Å². The molecule has 0 aromatic carbocycles. The van der Waals surface area contributed by atoms with E-state index < -0.39 is 0 Å². The van der Waals surface area contributed by atoms with Crippen molar-refractivity contribution in [1.29, 1.82) is 0 Å². The standard InChI is InChI=1S/C10H16N2O2/c1-7-3-4-10(14)9(12-7)6-11-5-8(2)13/h3-4,8,11,13-14H,5-6H2,1-2H3. The van der Waals surface area contributed by atoms with E-state index in [4.69, 9.17) is 5.11 Å². The van der Waals surface area contributed by atoms with E-state index in [-0.39, 0.29) is 11.9 Å². The molecule has 0 spiro atoms. The molecule has 1 aromatic rings. The van der Waals surface area contributed by atoms with E-state index in [1.807, 2.05) is 6.92 Å². The first-order valence-corrected chi connectivity index (χ1v) is 4.64. The number of rotatable bonds is 4. The highest BCUT2D eigenvalue weighted by Crippen LogP contribution is 2.13. The number of aryl methyl sites for hydroxylation is 1. The van der Waals surface area contributed by atoms with Gasteiger partial charge >= 0.3 is 0 Å². The van der Waals surface area contributed by atoms with Crippen molar-refractivity contribution < 1.29 is 10.2 Å². The van der Waals surface area contributed by atoms with Gasteiger partial charge in [0.1, 0.15) is 5.75 Å². The summed E-state index contributed by atoms with van der Waals surface area (Å²) in [6.07, 6.45) is -0.387. The Hall–Kier alpha value is -1.13. The van der Waals surface area contributed by atoms with Crippen LogP contribution in [0.1, 0.15) is 18.3 Å². The van der Waals surface area contributed by atoms with Crippen LogP contribution in [0, 0.1) is 6.92 Å². The largest absolute Gasteiger partial charge is 0.506 e. The van der Waals surface area contributed by atoms with Crippen LogP contribution in [0.15, 0.2) is 12.1 Å². The molecule has 1 rings (SSSR count). The molecule has 0 aliphatic carbocycles. The highest BCUT2D eigenvalue weighted by atomic mass is 16.3. The Labute approximate surface area is 83.6 Å². The molecule has 1 atom stereocenters. The lowest BCUT2D eigenvalue weighted by molar-refractivity contribution is 0.190. The van der Waals surface area contributed by atoms with E-state index in [1.165, 1.54) is 0 Å². The van der Waals surface area contributed by atoms with Gasteiger partial charge in [-0.05, 0) is 26.0 Å². The Balaban J connectivity index is 2.53. The van der Waals surface area contributed by atoms with Gasteiger partial charge in [0.2, 0.25) is 0 Å². The van der Waals surface area contributed by atoms with Crippen LogP contribution in [-0.2, 0) is 6.54 Å². The van der Waals surface area contributed by atoms with Crippen LogP contribution in [0.5, 0.6) is 5.75 Å². The molecule has 4 heteroatoms. The van der Waals surface area contributed by atoms with Crippen molar-refractivity contribution in [1.82, 2.24) is 10.3 Å². The summed E-state index contributed by atoms with van der Waals surface area (Å²) in [4.78, 5) is 4.18. The molecular weight excluding hydrogens is 180 g/mol. The number of aromatic nitrogens is 1. The van der Waals surface area contributed by atoms with Crippen molar-refractivity contribution in [2.24, 2.45) is 0 Å². The lowest BCUT2D eigenvalue weighted by atomic mass is 10.3. The molecule has 0 bridgehead atoms. The van der Waals surface area contributed by atoms with Gasteiger partial charge in [-0.15, -0.1) is 0 Å². The second-order valence-electron chi connectivity index (χ2n) is 3.40. The number of aliphatic hydroxyl groups excluding tert-OH is 1. The second-order valence-corrected chi connectivity index (χ2v) is 3.40. The first-order chi connectivity index (χ1) is 6.59. The average Bonchev–Trinajstić information content (AvgIpc) is 2.10. The second kappa shape index (κ2) is 4.93. The van der Waals surface area contributed by atoms with Gasteiger partial charge in [0.05, 0.1) is 11.8 Å². The summed E-state index contributed by atoms with van der Waals surface area (Å²) in [5.41, 5.74) is 1.49. The normalized spacial score (nSPS) is 12.8. The zero-order chi connectivity index (χ0) is 10.6. The molecule has 1 aromatic heterocycles. The maximum Gasteiger partial charge on any atom is 0.138 e. The van der Waals surface area contributed by atoms with Gasteiger partial charge in [-0.3, -0.25) is 4.98 Å². The molecule has 4 nitrogen and oxygen atoms in total. The first-order valence-electron chi connectivity index (χ1n) is 4.64. The minimum atomic E-state index is -0.387. The maximum atomic E-state index is 9.44. The van der Waals surface area contributed by atoms with Gasteiger partial charge in [0.25, 0.3) is 0 Å². The zero-order valence-corrected chi connectivity index (χ0v) is 8.49. The van der Waals surface area contributed by atoms with E-state index in [0.717, 1.165) is 5.69 Å². The molecule has 3 N–H and O–H groups in total. The molecule has 0 aliphatic heterocycles. The number of nitrogens with one attached hydrogen (secondary N) is 1. The minimum absolute atomic E-state index is 0.189. The van der Waals surface area contributed by atoms with Gasteiger partial charge in [0.15, 0.2) is 0 Å². The minimum Gasteiger partial charge on any atom is -0.506 e. The molecule has 1 unspecified atom stereocenters. The van der Waals surface area contributed by atoms with Gasteiger partial charge < -0.3 is 15.5 Å². The third-order valence-electron chi connectivity index (χ3n) is 1.82. The van der Waals surface area contributed by atoms with E-state index >= 15 is 0 Å². The first kappa shape index (κ1) is 10.9. The van der Waals surface area contributed by atoms with E-state index in [1.54, 1.807) is 19.1 Å². The topological polar surface area (TPSA) is 65.4 Å². The number of hydrogen-bond donors (Lipinski definition) is 3. The molecule has 78 valence electrons. The van der Waals surface area contributed by atoms with Crippen LogP contribution < -0.4 is 5.32 Å². The molecule has 0 aliphatic rings. The van der Waals surface area contributed by atoms with Crippen molar-refractivity contribution >= 4 is 0 Å². The Morgan fingerprint density at radius 2 is 2.21 bits per heavy atom. The number of pyridine rings is 1. The predicted octanol–water partition coefficient (Wildman–Crippen LogP) is 0.566. The summed E-state index contributed by atoms with van der Waals surface area (Å²) in [6, 6.07) is 3.38. The average molecular weight is 196 g/mol. The van der Waals surface area contributed by atoms with Crippen molar-refractivity contribution in [2.75, 3.05) is 6.54 Å². The predicted molar refractivity (Wildman–Crippen MR) is 54.0 cm³/mol. The lowest BCUT2D eigenvalue weighted by Crippen LogP contribution is -2.24. The highest BCUT2D eigenvalue weighted by Gasteiger charge is 2.03. The van der Waals surface area contributed by atoms with Crippen LogP contribution in [0.3, 0.4) is 0 Å². The molecule has 1 heterocycles. The maximum absolute atomic E-state index is 9.44. The Morgan fingerprint density at radius 1 is 1.50 bits per heavy atom. The van der Waals surface area contributed by atoms with Crippen LogP contribution >= 0.6 is 0 Å². The fourth-order valence-corrected chi connectivity index (χ4v) is 1.13. The monoisotopic (exact) mass is 196 g/mol. The van der Waals surface area contributed by atoms with Gasteiger partial charge in [-0.1, -0.05) is 0 Å². The van der Waals surface area contributed by atoms with Crippen molar-refractivity contribution in [2.45, 2.75) is 26.5 Å².